The van der Waals surface area contributed by atoms with E-state index in [0.717, 1.165) is 10.5 Å². The molecule has 4 N–H and O–H groups in total. The van der Waals surface area contributed by atoms with Gasteiger partial charge in [0.2, 0.25) is 0 Å². The molecule has 1 aromatic carbocycles. The maximum atomic E-state index is 13.2. The van der Waals surface area contributed by atoms with Crippen molar-refractivity contribution in [1.82, 2.24) is 35.2 Å². The molecule has 0 radical (unpaired) electrons. The van der Waals surface area contributed by atoms with E-state index in [4.69, 9.17) is 24.7 Å². The van der Waals surface area contributed by atoms with Gasteiger partial charge in [0.05, 0.1) is 71.8 Å². The molecule has 0 aliphatic carbocycles. The van der Waals surface area contributed by atoms with E-state index in [1.165, 1.54) is 18.6 Å². The Kier molecular flexibility index (Phi) is 12.1. The van der Waals surface area contributed by atoms with Gasteiger partial charge in [-0.3, -0.25) is 9.78 Å². The normalized spacial score (nSPS) is 15.8. The molecule has 2 fully saturated rings. The topological polar surface area (TPSA) is 201 Å². The second-order valence-electron chi connectivity index (χ2n) is 10.8. The van der Waals surface area contributed by atoms with Crippen LogP contribution in [0.4, 0.5) is 21.1 Å². The molecule has 17 nitrogen and oxygen atoms in total. The molecule has 5 rings (SSSR count). The number of urea groups is 2. The molecule has 0 bridgehead atoms. The first-order valence-electron chi connectivity index (χ1n) is 15.5. The number of nitrogens with zero attached hydrogens (tertiary/aromatic N) is 7. The predicted octanol–water partition coefficient (Wildman–Crippen LogP) is 0.883. The zero-order chi connectivity index (χ0) is 32.9. The number of hydrogen-bond donors (Lipinski definition) is 3. The van der Waals surface area contributed by atoms with Crippen molar-refractivity contribution in [2.75, 3.05) is 82.7 Å². The van der Waals surface area contributed by atoms with E-state index >= 15 is 0 Å². The summed E-state index contributed by atoms with van der Waals surface area (Å²) in [6, 6.07) is 6.48. The van der Waals surface area contributed by atoms with E-state index in [1.807, 2.05) is 24.4 Å². The quantitative estimate of drug-likeness (QED) is 0.138. The van der Waals surface area contributed by atoms with Crippen molar-refractivity contribution in [1.29, 1.82) is 0 Å². The fraction of sp³-hybridized carbons (Fsp3) is 0.500. The summed E-state index contributed by atoms with van der Waals surface area (Å²) in [7, 11) is 0. The molecule has 4 heterocycles. The lowest BCUT2D eigenvalue weighted by molar-refractivity contribution is -0.123. The van der Waals surface area contributed by atoms with Gasteiger partial charge in [0.15, 0.2) is 5.82 Å². The molecule has 5 amide bonds. The summed E-state index contributed by atoms with van der Waals surface area (Å²) in [4.78, 5) is 49.6. The minimum atomic E-state index is -1.08. The van der Waals surface area contributed by atoms with Crippen LogP contribution in [0.5, 0.6) is 0 Å². The molecule has 17 heteroatoms. The highest BCUT2D eigenvalue weighted by Crippen LogP contribution is 2.32. The van der Waals surface area contributed by atoms with Crippen LogP contribution in [0, 0.1) is 0 Å². The lowest BCUT2D eigenvalue weighted by Crippen LogP contribution is -2.56. The Morgan fingerprint density at radius 3 is 2.34 bits per heavy atom. The Labute approximate surface area is 271 Å². The second kappa shape index (κ2) is 16.8. The van der Waals surface area contributed by atoms with Crippen LogP contribution < -0.4 is 21.3 Å². The van der Waals surface area contributed by atoms with Crippen molar-refractivity contribution < 1.29 is 33.3 Å². The van der Waals surface area contributed by atoms with Gasteiger partial charge in [0.25, 0.3) is 5.91 Å². The number of nitrogens with one attached hydrogen (secondary N) is 2. The Morgan fingerprint density at radius 1 is 0.957 bits per heavy atom. The number of amides is 5. The first-order chi connectivity index (χ1) is 23.0. The number of likely N-dealkylation sites (tertiary alicyclic amines) is 1. The predicted molar refractivity (Wildman–Crippen MR) is 168 cm³/mol. The SMILES string of the molecule is NCCOCCOCCOCCOCCn1cc(-c2cccc(NC(=O)N3CCC4(CC3)NC(=O)N(c3cnccn3)C4=O)c2)nn1. The number of aromatic nitrogens is 5. The van der Waals surface area contributed by atoms with Gasteiger partial charge >= 0.3 is 12.1 Å². The number of ether oxygens (including phenoxy) is 4. The van der Waals surface area contributed by atoms with E-state index in [-0.39, 0.29) is 43.7 Å². The van der Waals surface area contributed by atoms with Crippen LogP contribution in [-0.4, -0.2) is 126 Å². The second-order valence-corrected chi connectivity index (χ2v) is 10.8. The number of rotatable bonds is 17. The summed E-state index contributed by atoms with van der Waals surface area (Å²) >= 11 is 0. The van der Waals surface area contributed by atoms with Crippen molar-refractivity contribution in [2.45, 2.75) is 24.9 Å². The molecule has 2 aliphatic heterocycles. The smallest absolute Gasteiger partial charge is 0.330 e. The van der Waals surface area contributed by atoms with Crippen molar-refractivity contribution in [2.24, 2.45) is 5.73 Å². The lowest BCUT2D eigenvalue weighted by Gasteiger charge is -2.37. The van der Waals surface area contributed by atoms with Crippen molar-refractivity contribution in [3.8, 4) is 11.3 Å². The number of imide groups is 1. The first kappa shape index (κ1) is 33.8. The number of carbonyl (C=O) groups excluding carboxylic acids is 3. The standard InChI is InChI=1S/C30H40N10O7/c31-6-12-44-14-16-46-18-19-47-17-15-45-13-11-39-22-25(36-37-39)23-2-1-3-24(20-23)34-28(42)38-9-4-30(5-10-38)27(41)40(29(43)35-30)26-21-32-7-8-33-26/h1-3,7-8,20-22H,4-6,9-19,31H2,(H,34,42)(H,35,43). The Morgan fingerprint density at radius 2 is 1.66 bits per heavy atom. The highest BCUT2D eigenvalue weighted by molar-refractivity contribution is 6.22. The average Bonchev–Trinajstić information content (AvgIpc) is 3.65. The summed E-state index contributed by atoms with van der Waals surface area (Å²) in [6.07, 6.45) is 6.63. The fourth-order valence-electron chi connectivity index (χ4n) is 5.17. The fourth-order valence-corrected chi connectivity index (χ4v) is 5.17. The maximum Gasteiger partial charge on any atom is 0.330 e. The number of piperidine rings is 1. The van der Waals surface area contributed by atoms with Gasteiger partial charge in [0, 0.05) is 43.3 Å². The molecule has 0 saturated carbocycles. The minimum absolute atomic E-state index is 0.167. The van der Waals surface area contributed by atoms with Gasteiger partial charge in [-0.05, 0) is 25.0 Å². The number of carbonyl (C=O) groups is 3. The number of hydrogen-bond acceptors (Lipinski definition) is 12. The largest absolute Gasteiger partial charge is 0.378 e. The molecular weight excluding hydrogens is 612 g/mol. The van der Waals surface area contributed by atoms with Gasteiger partial charge in [-0.15, -0.1) is 5.10 Å². The van der Waals surface area contributed by atoms with E-state index in [2.05, 4.69) is 30.9 Å². The van der Waals surface area contributed by atoms with Crippen LogP contribution in [0.3, 0.4) is 0 Å². The van der Waals surface area contributed by atoms with E-state index in [1.54, 1.807) is 15.6 Å². The van der Waals surface area contributed by atoms with Crippen molar-refractivity contribution in [3.63, 3.8) is 0 Å². The minimum Gasteiger partial charge on any atom is -0.378 e. The Balaban J connectivity index is 1.01. The molecule has 3 aromatic rings. The third kappa shape index (κ3) is 9.05. The summed E-state index contributed by atoms with van der Waals surface area (Å²) < 4.78 is 23.4. The Bertz CT molecular complexity index is 1470. The van der Waals surface area contributed by atoms with Crippen molar-refractivity contribution in [3.05, 3.63) is 49.1 Å². The summed E-state index contributed by atoms with van der Waals surface area (Å²) in [5.41, 5.74) is 6.31. The van der Waals surface area contributed by atoms with Crippen LogP contribution in [0.1, 0.15) is 12.8 Å². The van der Waals surface area contributed by atoms with Crippen LogP contribution in [0.15, 0.2) is 49.1 Å². The van der Waals surface area contributed by atoms with Crippen LogP contribution in [0.25, 0.3) is 11.3 Å². The Hall–Kier alpha value is -4.55. The molecule has 0 atom stereocenters. The third-order valence-electron chi connectivity index (χ3n) is 7.64. The number of anilines is 2. The summed E-state index contributed by atoms with van der Waals surface area (Å²) in [6.45, 7) is 5.49. The number of benzene rings is 1. The highest BCUT2D eigenvalue weighted by Gasteiger charge is 2.53. The lowest BCUT2D eigenvalue weighted by atomic mass is 9.87. The van der Waals surface area contributed by atoms with Crippen LogP contribution in [0.2, 0.25) is 0 Å². The zero-order valence-electron chi connectivity index (χ0n) is 26.1. The zero-order valence-corrected chi connectivity index (χ0v) is 26.1. The van der Waals surface area contributed by atoms with Gasteiger partial charge < -0.3 is 40.2 Å². The highest BCUT2D eigenvalue weighted by atomic mass is 16.6. The number of nitrogens with two attached hydrogens (primary N) is 1. The molecule has 252 valence electrons. The van der Waals surface area contributed by atoms with Crippen LogP contribution in [-0.2, 0) is 30.3 Å². The van der Waals surface area contributed by atoms with Gasteiger partial charge in [0.1, 0.15) is 11.2 Å². The molecule has 2 aliphatic rings. The molecule has 2 saturated heterocycles. The summed E-state index contributed by atoms with van der Waals surface area (Å²) in [5.74, 6) is -0.219. The van der Waals surface area contributed by atoms with E-state index in [9.17, 15) is 14.4 Å². The molecule has 2 aromatic heterocycles. The first-order valence-corrected chi connectivity index (χ1v) is 15.5. The van der Waals surface area contributed by atoms with Crippen LogP contribution >= 0.6 is 0 Å². The summed E-state index contributed by atoms with van der Waals surface area (Å²) in [5, 5.41) is 14.2. The molecule has 47 heavy (non-hydrogen) atoms. The van der Waals surface area contributed by atoms with Gasteiger partial charge in [-0.1, -0.05) is 17.3 Å². The molecule has 0 unspecified atom stereocenters. The van der Waals surface area contributed by atoms with Gasteiger partial charge in [-0.25, -0.2) is 24.2 Å². The molecular formula is C30H40N10O7. The monoisotopic (exact) mass is 652 g/mol. The third-order valence-corrected chi connectivity index (χ3v) is 7.64. The van der Waals surface area contributed by atoms with Gasteiger partial charge in [-0.2, -0.15) is 0 Å². The van der Waals surface area contributed by atoms with E-state index in [0.29, 0.717) is 77.3 Å². The maximum absolute atomic E-state index is 13.2. The van der Waals surface area contributed by atoms with Crippen molar-refractivity contribution >= 4 is 29.5 Å². The average molecular weight is 653 g/mol. The molecule has 1 spiro atoms. The van der Waals surface area contributed by atoms with E-state index < -0.39 is 11.6 Å².